The molecular formula is C36H23BN2O3. The van der Waals surface area contributed by atoms with Gasteiger partial charge in [0.1, 0.15) is 34.3 Å². The number of hydrogen-bond donors (Lipinski definition) is 0. The molecule has 0 radical (unpaired) electrons. The number of nitrogens with zero attached hydrogens (tertiary/aromatic N) is 2. The topological polar surface area (TPSA) is 47.2 Å². The summed E-state index contributed by atoms with van der Waals surface area (Å²) in [7, 11) is 0. The molecule has 5 aromatic carbocycles. The summed E-state index contributed by atoms with van der Waals surface area (Å²) in [6.45, 7) is 5.76. The van der Waals surface area contributed by atoms with Crippen LogP contribution in [-0.4, -0.2) is 13.4 Å². The fourth-order valence-corrected chi connectivity index (χ4v) is 6.80. The lowest BCUT2D eigenvalue weighted by Gasteiger charge is -2.42. The van der Waals surface area contributed by atoms with Gasteiger partial charge < -0.3 is 18.8 Å². The van der Waals surface area contributed by atoms with E-state index >= 15 is 0 Å². The van der Waals surface area contributed by atoms with Crippen molar-refractivity contribution in [3.63, 3.8) is 0 Å². The molecule has 3 aliphatic rings. The Bertz CT molecular complexity index is 2070. The molecular weight excluding hydrogens is 519 g/mol. The Morgan fingerprint density at radius 3 is 2.05 bits per heavy atom. The highest BCUT2D eigenvalue weighted by Gasteiger charge is 2.47. The molecule has 6 heteroatoms. The van der Waals surface area contributed by atoms with Crippen LogP contribution in [0.2, 0.25) is 0 Å². The summed E-state index contributed by atoms with van der Waals surface area (Å²) < 4.78 is 19.4. The molecule has 3 aliphatic heterocycles. The van der Waals surface area contributed by atoms with Crippen LogP contribution in [0, 0.1) is 0 Å². The summed E-state index contributed by atoms with van der Waals surface area (Å²) >= 11 is 0. The van der Waals surface area contributed by atoms with Gasteiger partial charge in [0.15, 0.2) is 5.76 Å². The molecule has 6 aromatic rings. The second-order valence-electron chi connectivity index (χ2n) is 10.8. The van der Waals surface area contributed by atoms with Crippen LogP contribution in [0.25, 0.3) is 28.2 Å². The van der Waals surface area contributed by atoms with Crippen molar-refractivity contribution in [3.05, 3.63) is 109 Å². The lowest BCUT2D eigenvalue weighted by molar-refractivity contribution is 0.464. The van der Waals surface area contributed by atoms with Crippen molar-refractivity contribution in [2.45, 2.75) is 6.92 Å². The predicted molar refractivity (Wildman–Crippen MR) is 171 cm³/mol. The molecule has 198 valence electrons. The van der Waals surface area contributed by atoms with Crippen LogP contribution in [0.15, 0.2) is 113 Å². The van der Waals surface area contributed by atoms with Crippen molar-refractivity contribution >= 4 is 69.6 Å². The average molecular weight is 542 g/mol. The summed E-state index contributed by atoms with van der Waals surface area (Å²) in [5.74, 6) is 4.07. The van der Waals surface area contributed by atoms with Crippen molar-refractivity contribution in [1.29, 1.82) is 0 Å². The third-order valence-electron chi connectivity index (χ3n) is 8.49. The summed E-state index contributed by atoms with van der Waals surface area (Å²) in [5.41, 5.74) is 10.3. The van der Waals surface area contributed by atoms with E-state index in [1.54, 1.807) is 0 Å². The highest BCUT2D eigenvalue weighted by Crippen LogP contribution is 2.46. The summed E-state index contributed by atoms with van der Waals surface area (Å²) in [6.07, 6.45) is 3.85. The number of hydrogen-bond acceptors (Lipinski definition) is 5. The van der Waals surface area contributed by atoms with Gasteiger partial charge >= 0.3 is 0 Å². The minimum absolute atomic E-state index is 0.0141. The number of ether oxygens (including phenoxy) is 2. The lowest BCUT2D eigenvalue weighted by atomic mass is 9.33. The van der Waals surface area contributed by atoms with Crippen LogP contribution in [0.1, 0.15) is 12.7 Å². The number of benzene rings is 5. The number of para-hydroxylation sites is 1. The van der Waals surface area contributed by atoms with Crippen LogP contribution in [0.5, 0.6) is 23.0 Å². The van der Waals surface area contributed by atoms with Gasteiger partial charge in [0, 0.05) is 27.9 Å². The number of fused-ring (bicyclic) bond motifs is 1. The first-order chi connectivity index (χ1) is 20.7. The Kier molecular flexibility index (Phi) is 4.71. The largest absolute Gasteiger partial charge is 0.458 e. The van der Waals surface area contributed by atoms with Crippen molar-refractivity contribution < 1.29 is 13.9 Å². The fraction of sp³-hybridized carbons (Fsp3) is 0.0278. The molecule has 1 aromatic heterocycles. The van der Waals surface area contributed by atoms with E-state index in [2.05, 4.69) is 102 Å². The molecule has 0 atom stereocenters. The van der Waals surface area contributed by atoms with Gasteiger partial charge in [-0.25, -0.2) is 0 Å². The molecule has 0 unspecified atom stereocenters. The second kappa shape index (κ2) is 8.51. The number of furan rings is 1. The van der Waals surface area contributed by atoms with Gasteiger partial charge in [-0.1, -0.05) is 42.5 Å². The third-order valence-corrected chi connectivity index (χ3v) is 8.49. The van der Waals surface area contributed by atoms with Gasteiger partial charge in [0.05, 0.1) is 0 Å². The normalized spacial score (nSPS) is 13.6. The number of anilines is 3. The Balaban J connectivity index is 1.25. The van der Waals surface area contributed by atoms with Crippen molar-refractivity contribution in [1.82, 2.24) is 0 Å². The number of rotatable bonds is 4. The van der Waals surface area contributed by atoms with Gasteiger partial charge in [-0.15, -0.1) is 0 Å². The van der Waals surface area contributed by atoms with Crippen LogP contribution >= 0.6 is 0 Å². The smallest absolute Gasteiger partial charge is 0.266 e. The van der Waals surface area contributed by atoms with E-state index in [0.29, 0.717) is 5.76 Å². The number of aliphatic imine (C=N–C) groups is 1. The maximum atomic E-state index is 6.70. The van der Waals surface area contributed by atoms with E-state index in [-0.39, 0.29) is 6.71 Å². The summed E-state index contributed by atoms with van der Waals surface area (Å²) in [5, 5.41) is 0.919. The van der Waals surface area contributed by atoms with E-state index in [4.69, 9.17) is 13.9 Å². The van der Waals surface area contributed by atoms with Gasteiger partial charge in [-0.3, -0.25) is 4.99 Å². The minimum atomic E-state index is 0.0141. The Hall–Kier alpha value is -5.49. The first-order valence-electron chi connectivity index (χ1n) is 14.0. The molecule has 42 heavy (non-hydrogen) atoms. The van der Waals surface area contributed by atoms with Gasteiger partial charge in [0.2, 0.25) is 0 Å². The van der Waals surface area contributed by atoms with Gasteiger partial charge in [-0.05, 0) is 102 Å². The zero-order valence-corrected chi connectivity index (χ0v) is 22.8. The minimum Gasteiger partial charge on any atom is -0.458 e. The van der Waals surface area contributed by atoms with Crippen LogP contribution in [0.4, 0.5) is 22.7 Å². The summed E-state index contributed by atoms with van der Waals surface area (Å²) in [6, 6.07) is 33.6. The quantitative estimate of drug-likeness (QED) is 0.167. The van der Waals surface area contributed by atoms with E-state index in [9.17, 15) is 0 Å². The van der Waals surface area contributed by atoms with Gasteiger partial charge in [0.25, 0.3) is 6.71 Å². The van der Waals surface area contributed by atoms with Crippen LogP contribution in [-0.2, 0) is 0 Å². The third kappa shape index (κ3) is 3.06. The molecule has 0 amide bonds. The zero-order valence-electron chi connectivity index (χ0n) is 22.8. The Morgan fingerprint density at radius 2 is 1.40 bits per heavy atom. The summed E-state index contributed by atoms with van der Waals surface area (Å²) in [4.78, 5) is 6.60. The first kappa shape index (κ1) is 23.2. The van der Waals surface area contributed by atoms with Crippen LogP contribution < -0.4 is 30.8 Å². The molecule has 5 nitrogen and oxygen atoms in total. The SMILES string of the molecule is C=Nc1c(/C=C\C)oc2ccc(-c3cc4c5c(c3)Oc3cccc6c3B5c3c(cccc3N6c3ccccc3)O4)cc12. The molecule has 9 rings (SSSR count). The van der Waals surface area contributed by atoms with E-state index < -0.39 is 0 Å². The zero-order chi connectivity index (χ0) is 27.9. The van der Waals surface area contributed by atoms with Crippen LogP contribution in [0.3, 0.4) is 0 Å². The lowest BCUT2D eigenvalue weighted by Crippen LogP contribution is -2.61. The molecule has 0 saturated carbocycles. The van der Waals surface area contributed by atoms with Crippen molar-refractivity contribution in [2.75, 3.05) is 4.90 Å². The molecule has 0 spiro atoms. The van der Waals surface area contributed by atoms with Crippen molar-refractivity contribution in [3.8, 4) is 34.1 Å². The maximum Gasteiger partial charge on any atom is 0.266 e. The van der Waals surface area contributed by atoms with Crippen molar-refractivity contribution in [2.24, 2.45) is 4.99 Å². The molecule has 0 saturated heterocycles. The molecule has 0 bridgehead atoms. The monoisotopic (exact) mass is 542 g/mol. The predicted octanol–water partition coefficient (Wildman–Crippen LogP) is 7.98. The first-order valence-corrected chi connectivity index (χ1v) is 14.0. The molecule has 0 N–H and O–H groups in total. The number of allylic oxidation sites excluding steroid dienone is 1. The molecule has 0 aliphatic carbocycles. The van der Waals surface area contributed by atoms with E-state index in [1.165, 1.54) is 10.9 Å². The Morgan fingerprint density at radius 1 is 0.714 bits per heavy atom. The Labute approximate surface area is 243 Å². The second-order valence-corrected chi connectivity index (χ2v) is 10.8. The highest BCUT2D eigenvalue weighted by molar-refractivity contribution is 7.00. The van der Waals surface area contributed by atoms with E-state index in [1.807, 2.05) is 31.2 Å². The maximum absolute atomic E-state index is 6.70. The highest BCUT2D eigenvalue weighted by atomic mass is 16.5. The fourth-order valence-electron chi connectivity index (χ4n) is 6.80. The van der Waals surface area contributed by atoms with E-state index in [0.717, 1.165) is 73.3 Å². The average Bonchev–Trinajstić information content (AvgIpc) is 3.38. The molecule has 4 heterocycles. The molecule has 0 fully saturated rings. The standard InChI is InChI=1S/C36H23BN2O3/c1-3-9-30-36(38-2)24-18-21(16-17-27(24)40-30)22-19-31-35-32(20-22)42-29-15-8-13-26-34(29)37(35)33-25(12-7-14-28(33)41-31)39(26)23-10-5-4-6-11-23/h3-20H,2H2,1H3/b9-3-. The van der Waals surface area contributed by atoms with Gasteiger partial charge in [-0.2, -0.15) is 0 Å².